The highest BCUT2D eigenvalue weighted by molar-refractivity contribution is 9.09. The first-order chi connectivity index (χ1) is 9.77. The fourth-order valence-electron chi connectivity index (χ4n) is 3.22. The van der Waals surface area contributed by atoms with Gasteiger partial charge in [-0.05, 0) is 24.8 Å². The highest BCUT2D eigenvalue weighted by Crippen LogP contribution is 2.28. The van der Waals surface area contributed by atoms with Crippen molar-refractivity contribution >= 4 is 21.8 Å². The van der Waals surface area contributed by atoms with E-state index in [0.29, 0.717) is 11.9 Å². The monoisotopic (exact) mass is 337 g/mol. The van der Waals surface area contributed by atoms with E-state index in [1.54, 1.807) is 0 Å². The number of alkyl halides is 1. The first kappa shape index (κ1) is 15.6. The quantitative estimate of drug-likeness (QED) is 0.707. The maximum atomic E-state index is 13.0. The molecule has 0 bridgehead atoms. The standard InChI is InChI=1S/C17H24BrNO/c1-2-16(14-8-4-3-5-9-14)17(20)19(13-12-18)15-10-6-7-11-15/h3-5,8-9,15-16H,2,6-7,10-13H2,1H3. The molecule has 1 fully saturated rings. The van der Waals surface area contributed by atoms with Gasteiger partial charge < -0.3 is 4.90 Å². The maximum absolute atomic E-state index is 13.0. The molecule has 2 rings (SSSR count). The average molecular weight is 338 g/mol. The van der Waals surface area contributed by atoms with Gasteiger partial charge in [-0.1, -0.05) is 66.0 Å². The first-order valence-corrected chi connectivity index (χ1v) is 8.81. The lowest BCUT2D eigenvalue weighted by Crippen LogP contribution is -2.42. The molecule has 0 aromatic heterocycles. The van der Waals surface area contributed by atoms with E-state index in [1.165, 1.54) is 25.7 Å². The van der Waals surface area contributed by atoms with Gasteiger partial charge in [0.15, 0.2) is 0 Å². The van der Waals surface area contributed by atoms with Gasteiger partial charge in [-0.2, -0.15) is 0 Å². The summed E-state index contributed by atoms with van der Waals surface area (Å²) in [6, 6.07) is 10.7. The minimum Gasteiger partial charge on any atom is -0.338 e. The van der Waals surface area contributed by atoms with Crippen LogP contribution in [0.5, 0.6) is 0 Å². The van der Waals surface area contributed by atoms with Crippen LogP contribution in [0.3, 0.4) is 0 Å². The number of hydrogen-bond donors (Lipinski definition) is 0. The molecule has 1 aliphatic carbocycles. The van der Waals surface area contributed by atoms with Crippen molar-refractivity contribution in [2.24, 2.45) is 0 Å². The highest BCUT2D eigenvalue weighted by Gasteiger charge is 2.30. The Morgan fingerprint density at radius 2 is 1.95 bits per heavy atom. The lowest BCUT2D eigenvalue weighted by Gasteiger charge is -2.32. The number of hydrogen-bond acceptors (Lipinski definition) is 1. The van der Waals surface area contributed by atoms with Gasteiger partial charge in [0.25, 0.3) is 0 Å². The molecule has 0 aliphatic heterocycles. The van der Waals surface area contributed by atoms with Crippen LogP contribution < -0.4 is 0 Å². The molecule has 1 aliphatic rings. The molecule has 1 unspecified atom stereocenters. The van der Waals surface area contributed by atoms with Gasteiger partial charge in [-0.25, -0.2) is 0 Å². The lowest BCUT2D eigenvalue weighted by atomic mass is 9.94. The van der Waals surface area contributed by atoms with E-state index in [4.69, 9.17) is 0 Å². The second-order valence-corrected chi connectivity index (χ2v) is 6.32. The smallest absolute Gasteiger partial charge is 0.230 e. The summed E-state index contributed by atoms with van der Waals surface area (Å²) < 4.78 is 0. The summed E-state index contributed by atoms with van der Waals surface area (Å²) in [5.74, 6) is 0.320. The summed E-state index contributed by atoms with van der Waals surface area (Å²) in [7, 11) is 0. The lowest BCUT2D eigenvalue weighted by molar-refractivity contribution is -0.134. The molecule has 1 aromatic carbocycles. The number of carbonyl (C=O) groups is 1. The largest absolute Gasteiger partial charge is 0.338 e. The molecule has 0 saturated heterocycles. The molecule has 1 amide bonds. The van der Waals surface area contributed by atoms with E-state index in [2.05, 4.69) is 39.9 Å². The average Bonchev–Trinajstić information content (AvgIpc) is 3.00. The van der Waals surface area contributed by atoms with Crippen LogP contribution in [0.15, 0.2) is 30.3 Å². The van der Waals surface area contributed by atoms with E-state index in [9.17, 15) is 4.79 Å². The molecule has 110 valence electrons. The summed E-state index contributed by atoms with van der Waals surface area (Å²) in [5, 5.41) is 0.862. The molecule has 2 nitrogen and oxygen atoms in total. The molecule has 0 N–H and O–H groups in total. The molecule has 1 aromatic rings. The van der Waals surface area contributed by atoms with E-state index in [1.807, 2.05) is 18.2 Å². The zero-order chi connectivity index (χ0) is 14.4. The molecular formula is C17H24BrNO. The number of nitrogens with zero attached hydrogens (tertiary/aromatic N) is 1. The van der Waals surface area contributed by atoms with Crippen molar-refractivity contribution in [2.75, 3.05) is 11.9 Å². The van der Waals surface area contributed by atoms with E-state index in [-0.39, 0.29) is 5.92 Å². The number of carbonyl (C=O) groups excluding carboxylic acids is 1. The van der Waals surface area contributed by atoms with Crippen LogP contribution in [-0.4, -0.2) is 28.7 Å². The van der Waals surface area contributed by atoms with Crippen LogP contribution in [-0.2, 0) is 4.79 Å². The SMILES string of the molecule is CCC(C(=O)N(CCBr)C1CCCC1)c1ccccc1. The second-order valence-electron chi connectivity index (χ2n) is 5.53. The van der Waals surface area contributed by atoms with Crippen molar-refractivity contribution in [1.82, 2.24) is 4.90 Å². The minimum absolute atomic E-state index is 0.0100. The molecule has 20 heavy (non-hydrogen) atoms. The predicted molar refractivity (Wildman–Crippen MR) is 87.2 cm³/mol. The van der Waals surface area contributed by atoms with Crippen LogP contribution in [0.4, 0.5) is 0 Å². The molecule has 0 radical (unpaired) electrons. The number of rotatable bonds is 6. The van der Waals surface area contributed by atoms with Gasteiger partial charge in [0.1, 0.15) is 0 Å². The Morgan fingerprint density at radius 3 is 2.50 bits per heavy atom. The van der Waals surface area contributed by atoms with Crippen molar-refractivity contribution in [3.63, 3.8) is 0 Å². The highest BCUT2D eigenvalue weighted by atomic mass is 79.9. The summed E-state index contributed by atoms with van der Waals surface area (Å²) in [6.45, 7) is 2.93. The Labute approximate surface area is 130 Å². The summed E-state index contributed by atoms with van der Waals surface area (Å²) in [6.07, 6.45) is 5.74. The topological polar surface area (TPSA) is 20.3 Å². The normalized spacial score (nSPS) is 17.1. The molecular weight excluding hydrogens is 314 g/mol. The molecule has 1 atom stereocenters. The van der Waals surface area contributed by atoms with Crippen molar-refractivity contribution in [1.29, 1.82) is 0 Å². The first-order valence-electron chi connectivity index (χ1n) is 7.69. The van der Waals surface area contributed by atoms with E-state index < -0.39 is 0 Å². The molecule has 0 spiro atoms. The van der Waals surface area contributed by atoms with Gasteiger partial charge in [0, 0.05) is 17.9 Å². The van der Waals surface area contributed by atoms with Gasteiger partial charge in [0.05, 0.1) is 5.92 Å². The Kier molecular flexibility index (Phi) is 6.08. The predicted octanol–water partition coefficient (Wildman–Crippen LogP) is 4.35. The molecule has 3 heteroatoms. The third kappa shape index (κ3) is 3.63. The van der Waals surface area contributed by atoms with Crippen molar-refractivity contribution in [2.45, 2.75) is 51.0 Å². The van der Waals surface area contributed by atoms with Gasteiger partial charge in [-0.15, -0.1) is 0 Å². The van der Waals surface area contributed by atoms with Crippen molar-refractivity contribution < 1.29 is 4.79 Å². The fourth-order valence-corrected chi connectivity index (χ4v) is 3.60. The Morgan fingerprint density at radius 1 is 1.30 bits per heavy atom. The van der Waals surface area contributed by atoms with Crippen LogP contribution in [0.2, 0.25) is 0 Å². The zero-order valence-corrected chi connectivity index (χ0v) is 13.8. The van der Waals surface area contributed by atoms with E-state index in [0.717, 1.165) is 23.9 Å². The number of amides is 1. The van der Waals surface area contributed by atoms with Crippen LogP contribution >= 0.6 is 15.9 Å². The van der Waals surface area contributed by atoms with Crippen molar-refractivity contribution in [3.8, 4) is 0 Å². The maximum Gasteiger partial charge on any atom is 0.230 e. The number of benzene rings is 1. The second kappa shape index (κ2) is 7.82. The van der Waals surface area contributed by atoms with E-state index >= 15 is 0 Å². The van der Waals surface area contributed by atoms with Crippen LogP contribution in [0.25, 0.3) is 0 Å². The third-order valence-electron chi connectivity index (χ3n) is 4.28. The molecule has 0 heterocycles. The van der Waals surface area contributed by atoms with Crippen LogP contribution in [0, 0.1) is 0 Å². The third-order valence-corrected chi connectivity index (χ3v) is 4.64. The minimum atomic E-state index is 0.0100. The fraction of sp³-hybridized carbons (Fsp3) is 0.588. The Hall–Kier alpha value is -0.830. The number of halogens is 1. The van der Waals surface area contributed by atoms with Crippen LogP contribution in [0.1, 0.15) is 50.5 Å². The summed E-state index contributed by atoms with van der Waals surface area (Å²) >= 11 is 3.50. The van der Waals surface area contributed by atoms with Gasteiger partial charge in [-0.3, -0.25) is 4.79 Å². The summed E-state index contributed by atoms with van der Waals surface area (Å²) in [4.78, 5) is 15.1. The Balaban J connectivity index is 2.16. The van der Waals surface area contributed by atoms with Crippen molar-refractivity contribution in [3.05, 3.63) is 35.9 Å². The van der Waals surface area contributed by atoms with Gasteiger partial charge >= 0.3 is 0 Å². The molecule has 1 saturated carbocycles. The zero-order valence-electron chi connectivity index (χ0n) is 12.2. The van der Waals surface area contributed by atoms with Gasteiger partial charge in [0.2, 0.25) is 5.91 Å². The Bertz CT molecular complexity index is 414. The summed E-state index contributed by atoms with van der Waals surface area (Å²) in [5.41, 5.74) is 1.15.